The van der Waals surface area contributed by atoms with Crippen molar-refractivity contribution in [2.45, 2.75) is 26.4 Å². The number of ether oxygens (including phenoxy) is 3. The molecule has 122 valence electrons. The van der Waals surface area contributed by atoms with Crippen LogP contribution >= 0.6 is 23.2 Å². The van der Waals surface area contributed by atoms with E-state index < -0.39 is 17.7 Å². The van der Waals surface area contributed by atoms with Crippen LogP contribution in [0.15, 0.2) is 12.1 Å². The Hall–Kier alpha value is -1.66. The third-order valence-corrected chi connectivity index (χ3v) is 2.75. The fourth-order valence-corrected chi connectivity index (χ4v) is 1.83. The number of nitrogens with one attached hydrogen (secondary N) is 1. The number of hydrogen-bond donors (Lipinski definition) is 1. The first-order chi connectivity index (χ1) is 10.2. The van der Waals surface area contributed by atoms with Crippen LogP contribution in [0, 0.1) is 0 Å². The van der Waals surface area contributed by atoms with Crippen LogP contribution in [0.3, 0.4) is 0 Å². The summed E-state index contributed by atoms with van der Waals surface area (Å²) in [5.41, 5.74) is -0.303. The number of amides is 1. The molecule has 1 aromatic carbocycles. The van der Waals surface area contributed by atoms with E-state index in [1.54, 1.807) is 20.8 Å². The normalized spacial score (nSPS) is 10.8. The van der Waals surface area contributed by atoms with Crippen molar-refractivity contribution >= 4 is 41.0 Å². The Kier molecular flexibility index (Phi) is 6.32. The van der Waals surface area contributed by atoms with Crippen LogP contribution in [0.25, 0.3) is 0 Å². The molecule has 0 fully saturated rings. The maximum Gasteiger partial charge on any atom is 0.412 e. The molecule has 0 saturated heterocycles. The topological polar surface area (TPSA) is 73.9 Å². The molecular formula is C14H17Cl2NO5. The van der Waals surface area contributed by atoms with Crippen molar-refractivity contribution in [3.63, 3.8) is 0 Å². The molecule has 1 rings (SSSR count). The molecule has 8 heteroatoms. The predicted octanol–water partition coefficient (Wildman–Crippen LogP) is 4.05. The van der Waals surface area contributed by atoms with Crippen LogP contribution in [0.4, 0.5) is 10.5 Å². The van der Waals surface area contributed by atoms with Gasteiger partial charge in [0.1, 0.15) is 16.9 Å². The molecule has 6 nitrogen and oxygen atoms in total. The van der Waals surface area contributed by atoms with Crippen molar-refractivity contribution in [2.75, 3.05) is 18.5 Å². The molecule has 0 bridgehead atoms. The van der Waals surface area contributed by atoms with Crippen LogP contribution in [0.5, 0.6) is 5.75 Å². The van der Waals surface area contributed by atoms with Gasteiger partial charge in [-0.2, -0.15) is 0 Å². The lowest BCUT2D eigenvalue weighted by Gasteiger charge is -2.20. The van der Waals surface area contributed by atoms with Crippen LogP contribution in [0.2, 0.25) is 5.02 Å². The maximum atomic E-state index is 11.8. The van der Waals surface area contributed by atoms with Gasteiger partial charge in [0, 0.05) is 6.07 Å². The highest BCUT2D eigenvalue weighted by atomic mass is 35.5. The SMILES string of the molecule is COc1cc(NC(=O)OC(C)(C)C)c(Cl)cc1C(=O)OCCl. The summed E-state index contributed by atoms with van der Waals surface area (Å²) in [5.74, 6) is -0.497. The molecule has 0 heterocycles. The van der Waals surface area contributed by atoms with Gasteiger partial charge in [0.15, 0.2) is 6.07 Å². The van der Waals surface area contributed by atoms with E-state index in [9.17, 15) is 9.59 Å². The van der Waals surface area contributed by atoms with Crippen molar-refractivity contribution in [1.29, 1.82) is 0 Å². The van der Waals surface area contributed by atoms with E-state index in [4.69, 9.17) is 32.7 Å². The zero-order chi connectivity index (χ0) is 16.9. The summed E-state index contributed by atoms with van der Waals surface area (Å²) in [6, 6.07) is 2.43. The van der Waals surface area contributed by atoms with E-state index in [0.717, 1.165) is 0 Å². The highest BCUT2D eigenvalue weighted by molar-refractivity contribution is 6.34. The van der Waals surface area contributed by atoms with Gasteiger partial charge in [0.25, 0.3) is 0 Å². The quantitative estimate of drug-likeness (QED) is 0.655. The lowest BCUT2D eigenvalue weighted by Crippen LogP contribution is -2.27. The first kappa shape index (κ1) is 18.4. The minimum absolute atomic E-state index is 0.0999. The second-order valence-electron chi connectivity index (χ2n) is 5.20. The number of halogens is 2. The molecule has 0 atom stereocenters. The van der Waals surface area contributed by atoms with E-state index in [-0.39, 0.29) is 28.1 Å². The molecule has 0 aliphatic carbocycles. The Bertz CT molecular complexity index is 569. The van der Waals surface area contributed by atoms with Crippen molar-refractivity contribution in [3.8, 4) is 5.75 Å². The van der Waals surface area contributed by atoms with Gasteiger partial charge < -0.3 is 14.2 Å². The second-order valence-corrected chi connectivity index (χ2v) is 5.83. The number of benzene rings is 1. The van der Waals surface area contributed by atoms with Gasteiger partial charge in [-0.15, -0.1) is 0 Å². The van der Waals surface area contributed by atoms with E-state index >= 15 is 0 Å². The molecule has 0 aliphatic rings. The summed E-state index contributed by atoms with van der Waals surface area (Å²) in [6.07, 6.45) is -0.674. The van der Waals surface area contributed by atoms with E-state index in [1.165, 1.54) is 19.2 Å². The Morgan fingerprint density at radius 3 is 2.41 bits per heavy atom. The average Bonchev–Trinajstić information content (AvgIpc) is 2.38. The number of hydrogen-bond acceptors (Lipinski definition) is 5. The van der Waals surface area contributed by atoms with E-state index in [1.807, 2.05) is 0 Å². The largest absolute Gasteiger partial charge is 0.496 e. The fourth-order valence-electron chi connectivity index (χ4n) is 1.52. The highest BCUT2D eigenvalue weighted by Crippen LogP contribution is 2.31. The first-order valence-corrected chi connectivity index (χ1v) is 7.20. The third-order valence-electron chi connectivity index (χ3n) is 2.33. The zero-order valence-corrected chi connectivity index (χ0v) is 14.2. The summed E-state index contributed by atoms with van der Waals surface area (Å²) in [7, 11) is 1.37. The van der Waals surface area contributed by atoms with Crippen molar-refractivity contribution in [2.24, 2.45) is 0 Å². The number of alkyl halides is 1. The van der Waals surface area contributed by atoms with Gasteiger partial charge in [0.05, 0.1) is 17.8 Å². The molecular weight excluding hydrogens is 333 g/mol. The van der Waals surface area contributed by atoms with Crippen LogP contribution in [0.1, 0.15) is 31.1 Å². The minimum Gasteiger partial charge on any atom is -0.496 e. The highest BCUT2D eigenvalue weighted by Gasteiger charge is 2.20. The number of rotatable bonds is 4. The average molecular weight is 350 g/mol. The second kappa shape index (κ2) is 7.56. The smallest absolute Gasteiger partial charge is 0.412 e. The molecule has 0 aromatic heterocycles. The van der Waals surface area contributed by atoms with Crippen molar-refractivity contribution < 1.29 is 23.8 Å². The molecule has 0 spiro atoms. The number of methoxy groups -OCH3 is 1. The molecule has 0 saturated carbocycles. The Morgan fingerprint density at radius 2 is 1.91 bits per heavy atom. The van der Waals surface area contributed by atoms with Gasteiger partial charge in [-0.1, -0.05) is 23.2 Å². The number of carbonyl (C=O) groups excluding carboxylic acids is 2. The Labute approximate surface area is 138 Å². The lowest BCUT2D eigenvalue weighted by molar-refractivity contribution is 0.0569. The zero-order valence-electron chi connectivity index (χ0n) is 12.7. The molecule has 1 N–H and O–H groups in total. The summed E-state index contributed by atoms with van der Waals surface area (Å²) >= 11 is 11.4. The van der Waals surface area contributed by atoms with Gasteiger partial charge in [-0.25, -0.2) is 9.59 Å². The van der Waals surface area contributed by atoms with Crippen LogP contribution in [-0.4, -0.2) is 30.8 Å². The molecule has 0 aliphatic heterocycles. The summed E-state index contributed by atoms with van der Waals surface area (Å²) in [5, 5.41) is 2.62. The monoisotopic (exact) mass is 349 g/mol. The van der Waals surface area contributed by atoms with Crippen LogP contribution < -0.4 is 10.1 Å². The van der Waals surface area contributed by atoms with Crippen LogP contribution in [-0.2, 0) is 9.47 Å². The van der Waals surface area contributed by atoms with Gasteiger partial charge >= 0.3 is 12.1 Å². The minimum atomic E-state index is -0.683. The molecule has 0 unspecified atom stereocenters. The summed E-state index contributed by atoms with van der Waals surface area (Å²) in [4.78, 5) is 23.5. The van der Waals surface area contributed by atoms with Gasteiger partial charge in [0.2, 0.25) is 0 Å². The Balaban J connectivity index is 3.03. The molecule has 22 heavy (non-hydrogen) atoms. The molecule has 1 aromatic rings. The van der Waals surface area contributed by atoms with Gasteiger partial charge in [-0.3, -0.25) is 5.32 Å². The molecule has 1 amide bonds. The predicted molar refractivity (Wildman–Crippen MR) is 84.0 cm³/mol. The Morgan fingerprint density at radius 1 is 1.27 bits per heavy atom. The number of anilines is 1. The number of esters is 1. The summed E-state index contributed by atoms with van der Waals surface area (Å²) < 4.78 is 14.9. The fraction of sp³-hybridized carbons (Fsp3) is 0.429. The maximum absolute atomic E-state index is 11.8. The standard InChI is InChI=1S/C14H17Cl2NO5/c1-14(2,3)22-13(19)17-10-6-11(20-4)8(5-9(10)16)12(18)21-7-15/h5-6H,7H2,1-4H3,(H,17,19). The lowest BCUT2D eigenvalue weighted by atomic mass is 10.1. The first-order valence-electron chi connectivity index (χ1n) is 6.28. The van der Waals surface area contributed by atoms with E-state index in [0.29, 0.717) is 0 Å². The molecule has 0 radical (unpaired) electrons. The van der Waals surface area contributed by atoms with E-state index in [2.05, 4.69) is 10.1 Å². The van der Waals surface area contributed by atoms with Crippen molar-refractivity contribution in [3.05, 3.63) is 22.7 Å². The van der Waals surface area contributed by atoms with Crippen molar-refractivity contribution in [1.82, 2.24) is 0 Å². The number of carbonyl (C=O) groups is 2. The summed E-state index contributed by atoms with van der Waals surface area (Å²) in [6.45, 7) is 5.21. The third kappa shape index (κ3) is 5.27. The van der Waals surface area contributed by atoms with Gasteiger partial charge in [-0.05, 0) is 26.8 Å².